The summed E-state index contributed by atoms with van der Waals surface area (Å²) in [6.45, 7) is 9.74. The van der Waals surface area contributed by atoms with E-state index in [1.54, 1.807) is 24.3 Å². The lowest BCUT2D eigenvalue weighted by Crippen LogP contribution is -2.54. The van der Waals surface area contributed by atoms with Gasteiger partial charge in [-0.2, -0.15) is 0 Å². The summed E-state index contributed by atoms with van der Waals surface area (Å²) in [6, 6.07) is 14.2. The van der Waals surface area contributed by atoms with Gasteiger partial charge in [0.2, 0.25) is 17.7 Å². The number of likely N-dealkylation sites (tertiary alicyclic amines) is 1. The normalized spacial score (nSPS) is 20.4. The van der Waals surface area contributed by atoms with Gasteiger partial charge in [-0.05, 0) is 74.4 Å². The largest absolute Gasteiger partial charge is 0.390 e. The second kappa shape index (κ2) is 20.8. The van der Waals surface area contributed by atoms with Gasteiger partial charge in [0.25, 0.3) is 17.7 Å². The lowest BCUT2D eigenvalue weighted by molar-refractivity contribution is -0.136. The van der Waals surface area contributed by atoms with Crippen molar-refractivity contribution in [3.05, 3.63) is 82.8 Å². The maximum atomic E-state index is 13.2. The first-order valence-corrected chi connectivity index (χ1v) is 22.7. The maximum Gasteiger partial charge on any atom is 0.270 e. The number of anilines is 2. The van der Waals surface area contributed by atoms with E-state index in [-0.39, 0.29) is 54.1 Å². The van der Waals surface area contributed by atoms with E-state index < -0.39 is 35.8 Å². The molecule has 0 radical (unpaired) electrons. The van der Waals surface area contributed by atoms with E-state index in [0.29, 0.717) is 38.4 Å². The van der Waals surface area contributed by atoms with Crippen molar-refractivity contribution in [2.45, 2.75) is 76.1 Å². The van der Waals surface area contributed by atoms with Crippen LogP contribution in [0.15, 0.2) is 54.9 Å². The van der Waals surface area contributed by atoms with Crippen molar-refractivity contribution in [2.75, 3.05) is 89.2 Å². The van der Waals surface area contributed by atoms with Gasteiger partial charge >= 0.3 is 0 Å². The van der Waals surface area contributed by atoms with Crippen molar-refractivity contribution in [3.8, 4) is 0 Å². The number of hydrogen-bond acceptors (Lipinski definition) is 14. The fourth-order valence-electron chi connectivity index (χ4n) is 9.34. The van der Waals surface area contributed by atoms with E-state index in [0.717, 1.165) is 95.0 Å². The van der Waals surface area contributed by atoms with Gasteiger partial charge in [0.15, 0.2) is 0 Å². The Bertz CT molecular complexity index is 2210. The fraction of sp³-hybridized carbons (Fsp3) is 0.522. The highest BCUT2D eigenvalue weighted by atomic mass is 16.3. The monoisotopic (exact) mass is 877 g/mol. The number of rotatable bonds is 17. The number of carbonyl (C=O) groups excluding carboxylic acids is 6. The van der Waals surface area contributed by atoms with Gasteiger partial charge in [0.05, 0.1) is 17.2 Å². The molecule has 0 bridgehead atoms. The average molecular weight is 878 g/mol. The summed E-state index contributed by atoms with van der Waals surface area (Å²) in [5.41, 5.74) is 4.13. The summed E-state index contributed by atoms with van der Waals surface area (Å²) < 4.78 is 0. The number of hydrogen-bond donors (Lipinski definition) is 5. The fourth-order valence-corrected chi connectivity index (χ4v) is 9.34. The highest BCUT2D eigenvalue weighted by Crippen LogP contribution is 2.30. The smallest absolute Gasteiger partial charge is 0.270 e. The molecule has 3 fully saturated rings. The Labute approximate surface area is 373 Å². The molecule has 5 aliphatic heterocycles. The van der Waals surface area contributed by atoms with Crippen LogP contribution in [-0.2, 0) is 27.3 Å². The first-order valence-electron chi connectivity index (χ1n) is 22.7. The SMILES string of the molecule is O=C1CCC(N2C(=O)c3ccc(NCCCCN4CCN(CCC(=O)N5CCC(Nc6cc(C(=O)NC[C@H](O)CN7CCc8ccccc8C7)ncn6)CC5)CC4)cc3C2=O)C(=O)N1. The molecule has 18 heteroatoms. The van der Waals surface area contributed by atoms with Crippen LogP contribution >= 0.6 is 0 Å². The molecule has 5 N–H and O–H groups in total. The van der Waals surface area contributed by atoms with Crippen LogP contribution in [0, 0.1) is 0 Å². The van der Waals surface area contributed by atoms with Gasteiger partial charge in [0, 0.05) is 109 Å². The average Bonchev–Trinajstić information content (AvgIpc) is 3.55. The molecule has 3 aromatic rings. The van der Waals surface area contributed by atoms with Crippen LogP contribution < -0.4 is 21.3 Å². The molecule has 340 valence electrons. The minimum Gasteiger partial charge on any atom is -0.390 e. The number of fused-ring (bicyclic) bond motifs is 2. The molecular formula is C46H59N11O7. The van der Waals surface area contributed by atoms with Crippen LogP contribution in [0.2, 0.25) is 0 Å². The number of aliphatic hydroxyl groups excluding tert-OH is 1. The molecular weight excluding hydrogens is 819 g/mol. The first kappa shape index (κ1) is 44.8. The number of benzene rings is 2. The Morgan fingerprint density at radius 2 is 1.55 bits per heavy atom. The van der Waals surface area contributed by atoms with E-state index in [1.807, 2.05) is 11.0 Å². The predicted molar refractivity (Wildman–Crippen MR) is 237 cm³/mol. The van der Waals surface area contributed by atoms with Crippen LogP contribution in [0.5, 0.6) is 0 Å². The van der Waals surface area contributed by atoms with Crippen LogP contribution in [0.1, 0.15) is 87.3 Å². The van der Waals surface area contributed by atoms with Gasteiger partial charge in [0.1, 0.15) is 23.9 Å². The minimum absolute atomic E-state index is 0.0829. The summed E-state index contributed by atoms with van der Waals surface area (Å²) in [6.07, 6.45) is 5.79. The van der Waals surface area contributed by atoms with Gasteiger partial charge in [-0.15, -0.1) is 0 Å². The second-order valence-electron chi connectivity index (χ2n) is 17.5. The number of piperazine rings is 1. The Balaban J connectivity index is 0.669. The van der Waals surface area contributed by atoms with E-state index in [4.69, 9.17) is 0 Å². The number of carbonyl (C=O) groups is 6. The van der Waals surface area contributed by atoms with Crippen molar-refractivity contribution in [1.82, 2.24) is 45.1 Å². The Kier molecular flexibility index (Phi) is 14.5. The lowest BCUT2D eigenvalue weighted by Gasteiger charge is -2.36. The van der Waals surface area contributed by atoms with Gasteiger partial charge in [-0.1, -0.05) is 24.3 Å². The van der Waals surface area contributed by atoms with Gasteiger partial charge in [-0.3, -0.25) is 43.9 Å². The minimum atomic E-state index is -0.981. The molecule has 0 saturated carbocycles. The van der Waals surface area contributed by atoms with Gasteiger partial charge in [-0.25, -0.2) is 9.97 Å². The number of amides is 6. The number of unbranched alkanes of at least 4 members (excludes halogenated alkanes) is 1. The van der Waals surface area contributed by atoms with E-state index >= 15 is 0 Å². The zero-order valence-electron chi connectivity index (χ0n) is 36.3. The Morgan fingerprint density at radius 1 is 0.797 bits per heavy atom. The summed E-state index contributed by atoms with van der Waals surface area (Å²) in [4.78, 5) is 94.5. The number of nitrogens with zero attached hydrogens (tertiary/aromatic N) is 7. The maximum absolute atomic E-state index is 13.2. The summed E-state index contributed by atoms with van der Waals surface area (Å²) >= 11 is 0. The number of nitrogens with one attached hydrogen (secondary N) is 4. The van der Waals surface area contributed by atoms with Crippen LogP contribution in [-0.4, -0.2) is 172 Å². The number of piperidine rings is 2. The topological polar surface area (TPSA) is 213 Å². The second-order valence-corrected chi connectivity index (χ2v) is 17.5. The highest BCUT2D eigenvalue weighted by Gasteiger charge is 2.44. The third-order valence-electron chi connectivity index (χ3n) is 13.1. The van der Waals surface area contributed by atoms with Crippen LogP contribution in [0.25, 0.3) is 0 Å². The number of aromatic nitrogens is 2. The lowest BCUT2D eigenvalue weighted by atomic mass is 10.00. The third kappa shape index (κ3) is 11.1. The number of imide groups is 2. The molecule has 5 aliphatic rings. The van der Waals surface area contributed by atoms with E-state index in [9.17, 15) is 33.9 Å². The molecule has 1 unspecified atom stereocenters. The summed E-state index contributed by atoms with van der Waals surface area (Å²) in [5.74, 6) is -1.68. The van der Waals surface area contributed by atoms with Crippen molar-refractivity contribution >= 4 is 46.9 Å². The summed E-state index contributed by atoms with van der Waals surface area (Å²) in [5, 5.41) is 22.5. The van der Waals surface area contributed by atoms with Crippen molar-refractivity contribution in [1.29, 1.82) is 0 Å². The molecule has 3 saturated heterocycles. The molecule has 1 aromatic heterocycles. The third-order valence-corrected chi connectivity index (χ3v) is 13.1. The van der Waals surface area contributed by atoms with Gasteiger partial charge < -0.3 is 35.8 Å². The van der Waals surface area contributed by atoms with E-state index in [1.165, 1.54) is 17.5 Å². The molecule has 8 rings (SSSR count). The molecule has 6 amide bonds. The molecule has 6 heterocycles. The molecule has 2 aromatic carbocycles. The Morgan fingerprint density at radius 3 is 2.33 bits per heavy atom. The molecule has 0 spiro atoms. The molecule has 18 nitrogen and oxygen atoms in total. The standard InChI is InChI=1S/C46H59N11O7/c58-35(29-55-17-11-31-5-1-2-6-32(31)28-55)27-48-43(61)38-26-40(50-30-49-38)51-33-12-19-56(20-13-33)42(60)14-18-54-23-21-53(22-24-54)16-4-3-15-47-34-7-8-36-37(25-34)46(64)57(45(36)63)39-9-10-41(59)52-44(39)62/h1-2,5-8,25-26,30,33,35,39,47,58H,3-4,9-24,27-29H2,(H,48,61)(H,49,50,51)(H,52,59,62)/t35-,39?/m0/s1. The molecule has 64 heavy (non-hydrogen) atoms. The van der Waals surface area contributed by atoms with Crippen molar-refractivity contribution in [3.63, 3.8) is 0 Å². The number of aliphatic hydroxyl groups is 1. The van der Waals surface area contributed by atoms with E-state index in [2.05, 4.69) is 64.1 Å². The van der Waals surface area contributed by atoms with Crippen LogP contribution in [0.3, 0.4) is 0 Å². The molecule has 0 aliphatic carbocycles. The van der Waals surface area contributed by atoms with Crippen LogP contribution in [0.4, 0.5) is 11.5 Å². The zero-order valence-corrected chi connectivity index (χ0v) is 36.3. The Hall–Kier alpha value is -5.82. The van der Waals surface area contributed by atoms with Crippen molar-refractivity contribution < 1.29 is 33.9 Å². The highest BCUT2D eigenvalue weighted by molar-refractivity contribution is 6.23. The summed E-state index contributed by atoms with van der Waals surface area (Å²) in [7, 11) is 0. The molecule has 2 atom stereocenters. The first-order chi connectivity index (χ1) is 31.1. The number of β-amino-alcohol motifs (C(OH)–C–C–N with tert-alkyl or cyclic N) is 1. The van der Waals surface area contributed by atoms with Crippen molar-refractivity contribution in [2.24, 2.45) is 0 Å². The quantitative estimate of drug-likeness (QED) is 0.0958. The zero-order chi connectivity index (χ0) is 44.6. The predicted octanol–water partition coefficient (Wildman–Crippen LogP) is 1.33.